The first-order chi connectivity index (χ1) is 8.83. The van der Waals surface area contributed by atoms with Crippen LogP contribution in [0.5, 0.6) is 0 Å². The molecule has 2 N–H and O–H groups in total. The highest BCUT2D eigenvalue weighted by molar-refractivity contribution is 5.87. The Hall–Kier alpha value is -2.44. The molecule has 0 aliphatic rings. The number of nitro groups is 1. The highest BCUT2D eigenvalue weighted by Crippen LogP contribution is 2.33. The Morgan fingerprint density at radius 2 is 1.79 bits per heavy atom. The van der Waals surface area contributed by atoms with Crippen molar-refractivity contribution < 1.29 is 24.7 Å². The van der Waals surface area contributed by atoms with E-state index in [1.54, 1.807) is 6.92 Å². The number of non-ortho nitro benzene ring substituents is 1. The summed E-state index contributed by atoms with van der Waals surface area (Å²) >= 11 is 0. The highest BCUT2D eigenvalue weighted by atomic mass is 16.6. The summed E-state index contributed by atoms with van der Waals surface area (Å²) in [5, 5.41) is 28.7. The Labute approximate surface area is 108 Å². The number of carboxylic acid groups (broad SMARTS) is 2. The molecule has 0 aliphatic carbocycles. The fourth-order valence-corrected chi connectivity index (χ4v) is 1.94. The number of nitro benzene ring substituents is 1. The molecule has 19 heavy (non-hydrogen) atoms. The van der Waals surface area contributed by atoms with Crippen LogP contribution in [0.4, 0.5) is 5.69 Å². The zero-order valence-electron chi connectivity index (χ0n) is 10.2. The largest absolute Gasteiger partial charge is 0.481 e. The fourth-order valence-electron chi connectivity index (χ4n) is 1.94. The van der Waals surface area contributed by atoms with Crippen molar-refractivity contribution in [3.8, 4) is 0 Å². The maximum Gasteiger partial charge on any atom is 0.314 e. The summed E-state index contributed by atoms with van der Waals surface area (Å²) in [6.45, 7) is 1.57. The van der Waals surface area contributed by atoms with Crippen LogP contribution in [-0.4, -0.2) is 27.1 Å². The smallest absolute Gasteiger partial charge is 0.314 e. The number of hydrogen-bond donors (Lipinski definition) is 2. The number of benzene rings is 1. The lowest BCUT2D eigenvalue weighted by Crippen LogP contribution is -2.37. The molecule has 0 aromatic heterocycles. The molecule has 0 aliphatic heterocycles. The standard InChI is InChI=1S/C12H13NO6/c1-2-12(11(16)17,7-10(14)15)8-3-5-9(6-4-8)13(18)19/h3-6H,2,7H2,1H3,(H,14,15)(H,16,17). The summed E-state index contributed by atoms with van der Waals surface area (Å²) in [6.07, 6.45) is -0.497. The number of aliphatic carboxylic acids is 2. The van der Waals surface area contributed by atoms with Gasteiger partial charge >= 0.3 is 11.9 Å². The Morgan fingerprint density at radius 3 is 2.11 bits per heavy atom. The van der Waals surface area contributed by atoms with E-state index in [4.69, 9.17) is 5.11 Å². The molecule has 7 nitrogen and oxygen atoms in total. The van der Waals surface area contributed by atoms with E-state index in [9.17, 15) is 24.8 Å². The quantitative estimate of drug-likeness (QED) is 0.599. The average molecular weight is 267 g/mol. The molecule has 1 atom stereocenters. The van der Waals surface area contributed by atoms with Crippen molar-refractivity contribution in [3.63, 3.8) is 0 Å². The zero-order chi connectivity index (χ0) is 14.6. The molecule has 0 radical (unpaired) electrons. The van der Waals surface area contributed by atoms with Crippen LogP contribution in [0.3, 0.4) is 0 Å². The van der Waals surface area contributed by atoms with Crippen molar-refractivity contribution in [2.75, 3.05) is 0 Å². The van der Waals surface area contributed by atoms with E-state index in [1.165, 1.54) is 24.3 Å². The van der Waals surface area contributed by atoms with Crippen molar-refractivity contribution in [1.29, 1.82) is 0 Å². The van der Waals surface area contributed by atoms with E-state index in [0.717, 1.165) is 0 Å². The Morgan fingerprint density at radius 1 is 1.26 bits per heavy atom. The highest BCUT2D eigenvalue weighted by Gasteiger charge is 2.41. The molecule has 0 spiro atoms. The molecule has 0 heterocycles. The lowest BCUT2D eigenvalue weighted by molar-refractivity contribution is -0.384. The van der Waals surface area contributed by atoms with Gasteiger partial charge in [0, 0.05) is 12.1 Å². The molecule has 0 amide bonds. The number of carboxylic acids is 2. The predicted molar refractivity (Wildman–Crippen MR) is 65.0 cm³/mol. The lowest BCUT2D eigenvalue weighted by Gasteiger charge is -2.26. The molecule has 1 unspecified atom stereocenters. The molecule has 7 heteroatoms. The lowest BCUT2D eigenvalue weighted by atomic mass is 9.75. The second-order valence-corrected chi connectivity index (χ2v) is 4.12. The predicted octanol–water partition coefficient (Wildman–Crippen LogP) is 1.80. The van der Waals surface area contributed by atoms with E-state index in [-0.39, 0.29) is 17.7 Å². The molecule has 0 saturated heterocycles. The minimum atomic E-state index is -1.57. The van der Waals surface area contributed by atoms with Gasteiger partial charge in [0.25, 0.3) is 5.69 Å². The van der Waals surface area contributed by atoms with Gasteiger partial charge in [-0.25, -0.2) is 0 Å². The number of carbonyl (C=O) groups is 2. The van der Waals surface area contributed by atoms with Crippen molar-refractivity contribution in [1.82, 2.24) is 0 Å². The van der Waals surface area contributed by atoms with E-state index in [0.29, 0.717) is 0 Å². The molecule has 1 aromatic rings. The third-order valence-electron chi connectivity index (χ3n) is 3.10. The van der Waals surface area contributed by atoms with Gasteiger partial charge < -0.3 is 10.2 Å². The maximum atomic E-state index is 11.4. The van der Waals surface area contributed by atoms with Crippen molar-refractivity contribution in [3.05, 3.63) is 39.9 Å². The van der Waals surface area contributed by atoms with Crippen molar-refractivity contribution in [2.24, 2.45) is 0 Å². The van der Waals surface area contributed by atoms with Crippen molar-refractivity contribution >= 4 is 17.6 Å². The minimum Gasteiger partial charge on any atom is -0.481 e. The summed E-state index contributed by atoms with van der Waals surface area (Å²) in [5.74, 6) is -2.49. The van der Waals surface area contributed by atoms with Crippen LogP contribution in [0.1, 0.15) is 25.3 Å². The Kier molecular flexibility index (Phi) is 4.21. The van der Waals surface area contributed by atoms with Gasteiger partial charge in [-0.1, -0.05) is 19.1 Å². The average Bonchev–Trinajstić information content (AvgIpc) is 2.35. The van der Waals surface area contributed by atoms with Gasteiger partial charge in [-0.05, 0) is 12.0 Å². The van der Waals surface area contributed by atoms with Gasteiger partial charge in [-0.15, -0.1) is 0 Å². The number of hydrogen-bond acceptors (Lipinski definition) is 4. The van der Waals surface area contributed by atoms with Crippen LogP contribution in [0.15, 0.2) is 24.3 Å². The maximum absolute atomic E-state index is 11.4. The summed E-state index contributed by atoms with van der Waals surface area (Å²) in [7, 11) is 0. The molecular formula is C12H13NO6. The van der Waals surface area contributed by atoms with E-state index < -0.39 is 28.7 Å². The monoisotopic (exact) mass is 267 g/mol. The summed E-state index contributed by atoms with van der Waals surface area (Å²) in [5.41, 5.74) is -1.49. The molecular weight excluding hydrogens is 254 g/mol. The molecule has 1 aromatic carbocycles. The van der Waals surface area contributed by atoms with Crippen LogP contribution in [-0.2, 0) is 15.0 Å². The van der Waals surface area contributed by atoms with Gasteiger partial charge in [-0.3, -0.25) is 19.7 Å². The first-order valence-corrected chi connectivity index (χ1v) is 5.53. The summed E-state index contributed by atoms with van der Waals surface area (Å²) < 4.78 is 0. The Balaban J connectivity index is 3.28. The van der Waals surface area contributed by atoms with Gasteiger partial charge in [0.1, 0.15) is 5.41 Å². The van der Waals surface area contributed by atoms with Crippen LogP contribution < -0.4 is 0 Å². The van der Waals surface area contributed by atoms with Crippen molar-refractivity contribution in [2.45, 2.75) is 25.2 Å². The topological polar surface area (TPSA) is 118 Å². The molecule has 0 fully saturated rings. The van der Waals surface area contributed by atoms with E-state index in [2.05, 4.69) is 0 Å². The van der Waals surface area contributed by atoms with Gasteiger partial charge in [0.2, 0.25) is 0 Å². The third-order valence-corrected chi connectivity index (χ3v) is 3.10. The molecule has 1 rings (SSSR count). The normalized spacial score (nSPS) is 13.5. The third kappa shape index (κ3) is 2.87. The van der Waals surface area contributed by atoms with E-state index >= 15 is 0 Å². The number of rotatable bonds is 6. The molecule has 0 bridgehead atoms. The SMILES string of the molecule is CCC(CC(=O)O)(C(=O)O)c1ccc([N+](=O)[O-])cc1. The summed E-state index contributed by atoms with van der Waals surface area (Å²) in [4.78, 5) is 32.2. The first-order valence-electron chi connectivity index (χ1n) is 5.53. The second-order valence-electron chi connectivity index (χ2n) is 4.12. The first kappa shape index (κ1) is 14.6. The fraction of sp³-hybridized carbons (Fsp3) is 0.333. The molecule has 102 valence electrons. The number of nitrogens with zero attached hydrogens (tertiary/aromatic N) is 1. The van der Waals surface area contributed by atoms with Gasteiger partial charge in [0.15, 0.2) is 0 Å². The second kappa shape index (κ2) is 5.47. The Bertz CT molecular complexity index is 509. The van der Waals surface area contributed by atoms with Crippen LogP contribution in [0.25, 0.3) is 0 Å². The zero-order valence-corrected chi connectivity index (χ0v) is 10.2. The van der Waals surface area contributed by atoms with Gasteiger partial charge in [-0.2, -0.15) is 0 Å². The van der Waals surface area contributed by atoms with Crippen LogP contribution in [0.2, 0.25) is 0 Å². The summed E-state index contributed by atoms with van der Waals surface area (Å²) in [6, 6.07) is 4.92. The minimum absolute atomic E-state index is 0.0758. The van der Waals surface area contributed by atoms with Gasteiger partial charge in [0.05, 0.1) is 11.3 Å². The van der Waals surface area contributed by atoms with Crippen LogP contribution >= 0.6 is 0 Å². The molecule has 0 saturated carbocycles. The van der Waals surface area contributed by atoms with Crippen LogP contribution in [0, 0.1) is 10.1 Å². The van der Waals surface area contributed by atoms with E-state index in [1.807, 2.05) is 0 Å².